The van der Waals surface area contributed by atoms with Gasteiger partial charge >= 0.3 is 196 Å². The van der Waals surface area contributed by atoms with E-state index in [1.54, 1.807) is 17.4 Å². The first-order valence-corrected chi connectivity index (χ1v) is 21.2. The summed E-state index contributed by atoms with van der Waals surface area (Å²) in [5, 5.41) is 2.30. The topological polar surface area (TPSA) is 3.88 Å². The van der Waals surface area contributed by atoms with Crippen LogP contribution in [0.15, 0.2) is 97.1 Å². The Morgan fingerprint density at radius 1 is 0.632 bits per heavy atom. The molecule has 0 N–H and O–H groups in total. The second-order valence-electron chi connectivity index (χ2n) is 11.1. The molecule has 2 heterocycles. The maximum atomic E-state index is 15.5. The number of thiophene rings is 1. The molecule has 0 saturated heterocycles. The first-order chi connectivity index (χ1) is 18.2. The number of hydrogen-bond acceptors (Lipinski definition) is 1. The van der Waals surface area contributed by atoms with Crippen LogP contribution in [0.4, 0.5) is 4.39 Å². The quantitative estimate of drug-likeness (QED) is 0.146. The summed E-state index contributed by atoms with van der Waals surface area (Å²) in [7, 11) is 2.20. The van der Waals surface area contributed by atoms with Gasteiger partial charge in [-0.15, -0.1) is 0 Å². The molecule has 0 radical (unpaired) electrons. The maximum absolute atomic E-state index is 15.5. The van der Waals surface area contributed by atoms with Crippen LogP contribution in [-0.4, -0.2) is 13.3 Å². The van der Waals surface area contributed by atoms with Crippen LogP contribution in [0.5, 0.6) is 0 Å². The van der Waals surface area contributed by atoms with Crippen LogP contribution in [-0.2, 0) is 7.05 Å². The van der Waals surface area contributed by atoms with Gasteiger partial charge in [-0.1, -0.05) is 30.3 Å². The number of pyridine rings is 1. The van der Waals surface area contributed by atoms with Gasteiger partial charge in [-0.3, -0.25) is 0 Å². The van der Waals surface area contributed by atoms with Gasteiger partial charge in [0.25, 0.3) is 0 Å². The van der Waals surface area contributed by atoms with Gasteiger partial charge in [0.2, 0.25) is 0 Å². The van der Waals surface area contributed by atoms with Crippen molar-refractivity contribution in [2.45, 2.75) is 24.2 Å². The molecular weight excluding hydrogens is 546 g/mol. The number of hydrogen-bond donors (Lipinski definition) is 0. The van der Waals surface area contributed by atoms with Gasteiger partial charge in [-0.25, -0.2) is 0 Å². The first-order valence-electron chi connectivity index (χ1n) is 13.0. The molecule has 0 spiro atoms. The number of aryl methyl sites for hydroxylation is 1. The van der Waals surface area contributed by atoms with Gasteiger partial charge in [-0.05, 0) is 5.56 Å². The Morgan fingerprint density at radius 2 is 1.24 bits per heavy atom. The van der Waals surface area contributed by atoms with E-state index >= 15 is 4.39 Å². The zero-order chi connectivity index (χ0) is 26.6. The van der Waals surface area contributed by atoms with Gasteiger partial charge in [0.1, 0.15) is 0 Å². The minimum atomic E-state index is -2.08. The van der Waals surface area contributed by atoms with E-state index in [-0.39, 0.29) is 5.82 Å². The summed E-state index contributed by atoms with van der Waals surface area (Å²) in [5.41, 5.74) is 7.62. The van der Waals surface area contributed by atoms with E-state index in [2.05, 4.69) is 103 Å². The predicted octanol–water partition coefficient (Wildman–Crippen LogP) is 8.87. The van der Waals surface area contributed by atoms with Crippen LogP contribution >= 0.6 is 11.3 Å². The van der Waals surface area contributed by atoms with Crippen LogP contribution in [0.2, 0.25) is 17.3 Å². The molecule has 6 aromatic rings. The summed E-state index contributed by atoms with van der Waals surface area (Å²) in [4.78, 5) is 0. The molecule has 0 unspecified atom stereocenters. The van der Waals surface area contributed by atoms with Gasteiger partial charge in [0, 0.05) is 0 Å². The Morgan fingerprint density at radius 3 is 1.92 bits per heavy atom. The number of fused-ring (bicyclic) bond motifs is 3. The number of benzene rings is 4. The van der Waals surface area contributed by atoms with E-state index in [0.29, 0.717) is 5.56 Å². The Balaban J connectivity index is 1.58. The third-order valence-corrected chi connectivity index (χ3v) is 13.0. The van der Waals surface area contributed by atoms with Crippen molar-refractivity contribution in [1.82, 2.24) is 0 Å². The average Bonchev–Trinajstić information content (AvgIpc) is 3.27. The fraction of sp³-hybridized carbons (Fsp3) is 0.147. The zero-order valence-corrected chi connectivity index (χ0v) is 25.4. The second kappa shape index (κ2) is 9.48. The normalized spacial score (nSPS) is 11.9. The van der Waals surface area contributed by atoms with E-state index in [1.165, 1.54) is 31.4 Å². The molecule has 0 aliphatic heterocycles. The molecule has 188 valence electrons. The third kappa shape index (κ3) is 4.18. The van der Waals surface area contributed by atoms with Gasteiger partial charge in [0.05, 0.1) is 0 Å². The molecule has 0 saturated carbocycles. The van der Waals surface area contributed by atoms with E-state index in [1.807, 2.05) is 24.3 Å². The Kier molecular flexibility index (Phi) is 6.24. The van der Waals surface area contributed by atoms with Gasteiger partial charge in [-0.2, -0.15) is 0 Å². The fourth-order valence-electron chi connectivity index (χ4n) is 5.61. The van der Waals surface area contributed by atoms with Crippen LogP contribution in [0.25, 0.3) is 53.7 Å². The first kappa shape index (κ1) is 25.0. The number of halogens is 1. The van der Waals surface area contributed by atoms with Crippen LogP contribution in [0.1, 0.15) is 5.56 Å². The second-order valence-corrected chi connectivity index (χ2v) is 22.6. The Hall–Kier alpha value is -3.28. The van der Waals surface area contributed by atoms with Crippen molar-refractivity contribution in [3.05, 3.63) is 108 Å². The summed E-state index contributed by atoms with van der Waals surface area (Å²) >= 11 is -0.358. The van der Waals surface area contributed by atoms with E-state index in [9.17, 15) is 0 Å². The standard InChI is InChI=1S/C34H31FGeNS/c1-22-14-19-26-27-20-21-28(35)32(25-17-15-24(16-18-25)23-10-7-6-8-11-23)34(27)38-33(26)31(22)29-12-9-13-30(37(29)5)36(2,3)4/h6-21H,1-5H3/q+1. The SMILES string of the molecule is Cc1ccc2c(sc3c(-c4ccc(-c5ccccc5)cc4)c(F)ccc32)c1-c1ccc[c]([Ge]([CH3])([CH3])[CH3])[n+]1C. The molecule has 2 aromatic heterocycles. The summed E-state index contributed by atoms with van der Waals surface area (Å²) in [6.07, 6.45) is 0. The van der Waals surface area contributed by atoms with Crippen molar-refractivity contribution in [3.63, 3.8) is 0 Å². The molecule has 6 rings (SSSR count). The number of aromatic nitrogens is 1. The van der Waals surface area contributed by atoms with E-state index in [0.717, 1.165) is 26.8 Å². The molecule has 0 amide bonds. The van der Waals surface area contributed by atoms with Crippen molar-refractivity contribution in [3.8, 4) is 33.5 Å². The van der Waals surface area contributed by atoms with Crippen LogP contribution in [0, 0.1) is 12.7 Å². The van der Waals surface area contributed by atoms with E-state index in [4.69, 9.17) is 0 Å². The van der Waals surface area contributed by atoms with Gasteiger partial charge in [0.15, 0.2) is 0 Å². The summed E-state index contributed by atoms with van der Waals surface area (Å²) < 4.78 is 21.6. The van der Waals surface area contributed by atoms with Crippen molar-refractivity contribution in [2.24, 2.45) is 7.05 Å². The average molecular weight is 577 g/mol. The van der Waals surface area contributed by atoms with Crippen molar-refractivity contribution >= 4 is 49.3 Å². The minimum absolute atomic E-state index is 0.178. The Labute approximate surface area is 230 Å². The number of rotatable bonds is 4. The molecule has 0 aliphatic carbocycles. The van der Waals surface area contributed by atoms with Crippen molar-refractivity contribution in [2.75, 3.05) is 0 Å². The molecular formula is C34H31FGeNS+. The third-order valence-electron chi connectivity index (χ3n) is 7.50. The summed E-state index contributed by atoms with van der Waals surface area (Å²) in [6, 6.07) is 33.3. The van der Waals surface area contributed by atoms with E-state index < -0.39 is 13.3 Å². The molecule has 4 aromatic carbocycles. The van der Waals surface area contributed by atoms with Crippen LogP contribution < -0.4 is 9.09 Å². The van der Waals surface area contributed by atoms with Crippen molar-refractivity contribution < 1.29 is 8.96 Å². The molecule has 0 atom stereocenters. The molecule has 4 heteroatoms. The summed E-state index contributed by atoms with van der Waals surface area (Å²) in [5.74, 6) is 7.13. The summed E-state index contributed by atoms with van der Waals surface area (Å²) in [6.45, 7) is 2.19. The predicted molar refractivity (Wildman–Crippen MR) is 164 cm³/mol. The molecule has 0 fully saturated rings. The fourth-order valence-corrected chi connectivity index (χ4v) is 10.7. The molecule has 1 nitrogen and oxygen atoms in total. The molecule has 0 bridgehead atoms. The zero-order valence-electron chi connectivity index (χ0n) is 22.5. The van der Waals surface area contributed by atoms with Crippen LogP contribution in [0.3, 0.4) is 0 Å². The Bertz CT molecular complexity index is 1810. The number of nitrogens with zero attached hydrogens (tertiary/aromatic N) is 1. The molecule has 38 heavy (non-hydrogen) atoms. The van der Waals surface area contributed by atoms with Gasteiger partial charge < -0.3 is 0 Å². The monoisotopic (exact) mass is 578 g/mol. The molecule has 0 aliphatic rings. The van der Waals surface area contributed by atoms with Crippen molar-refractivity contribution in [1.29, 1.82) is 0 Å².